The van der Waals surface area contributed by atoms with E-state index >= 15 is 0 Å². The van der Waals surface area contributed by atoms with Gasteiger partial charge in [0.2, 0.25) is 10.0 Å². The summed E-state index contributed by atoms with van der Waals surface area (Å²) in [6, 6.07) is 5.44. The number of rotatable bonds is 5. The predicted molar refractivity (Wildman–Crippen MR) is 76.7 cm³/mol. The summed E-state index contributed by atoms with van der Waals surface area (Å²) < 4.78 is 49.4. The summed E-state index contributed by atoms with van der Waals surface area (Å²) in [6.45, 7) is 1.88. The largest absolute Gasteiger partial charge is 0.243 e. The van der Waals surface area contributed by atoms with E-state index in [9.17, 15) is 16.8 Å². The van der Waals surface area contributed by atoms with Crippen molar-refractivity contribution in [2.75, 3.05) is 13.3 Å². The van der Waals surface area contributed by atoms with Crippen molar-refractivity contribution < 1.29 is 16.8 Å². The first kappa shape index (κ1) is 15.5. The summed E-state index contributed by atoms with van der Waals surface area (Å²) in [7, 11) is -5.53. The third-order valence-electron chi connectivity index (χ3n) is 3.79. The highest BCUT2D eigenvalue weighted by Crippen LogP contribution is 2.36. The van der Waals surface area contributed by atoms with Gasteiger partial charge in [-0.3, -0.25) is 0 Å². The van der Waals surface area contributed by atoms with Gasteiger partial charge < -0.3 is 0 Å². The van der Waals surface area contributed by atoms with E-state index in [1.54, 1.807) is 7.05 Å². The molecule has 1 aromatic rings. The maximum Gasteiger partial charge on any atom is 0.243 e. The summed E-state index contributed by atoms with van der Waals surface area (Å²) in [6.07, 6.45) is 3.16. The molecule has 2 rings (SSSR count). The maximum atomic E-state index is 12.5. The number of hydrogen-bond acceptors (Lipinski definition) is 4. The van der Waals surface area contributed by atoms with Crippen LogP contribution in [-0.2, 0) is 19.9 Å². The molecule has 1 atom stereocenters. The van der Waals surface area contributed by atoms with E-state index in [4.69, 9.17) is 0 Å². The van der Waals surface area contributed by atoms with Crippen LogP contribution in [0.4, 0.5) is 0 Å². The van der Waals surface area contributed by atoms with Gasteiger partial charge in [-0.25, -0.2) is 16.8 Å². The van der Waals surface area contributed by atoms with Crippen molar-refractivity contribution in [2.45, 2.75) is 35.6 Å². The maximum absolute atomic E-state index is 12.5. The highest BCUT2D eigenvalue weighted by atomic mass is 32.2. The van der Waals surface area contributed by atoms with Crippen LogP contribution in [0.2, 0.25) is 0 Å². The number of sulfone groups is 1. The Morgan fingerprint density at radius 3 is 2.20 bits per heavy atom. The van der Waals surface area contributed by atoms with Gasteiger partial charge in [-0.05, 0) is 43.9 Å². The number of benzene rings is 1. The molecule has 1 unspecified atom stereocenters. The number of hydrogen-bond donors (Lipinski definition) is 0. The molecular formula is C13H19NO4S2. The van der Waals surface area contributed by atoms with Gasteiger partial charge in [0.15, 0.2) is 9.84 Å². The quantitative estimate of drug-likeness (QED) is 0.825. The lowest BCUT2D eigenvalue weighted by Crippen LogP contribution is -2.36. The summed E-state index contributed by atoms with van der Waals surface area (Å²) in [5, 5.41) is 0. The summed E-state index contributed by atoms with van der Waals surface area (Å²) in [5.74, 6) is 0.410. The minimum Gasteiger partial charge on any atom is -0.224 e. The Morgan fingerprint density at radius 1 is 1.15 bits per heavy atom. The van der Waals surface area contributed by atoms with Crippen molar-refractivity contribution in [2.24, 2.45) is 5.92 Å². The normalized spacial score (nSPS) is 18.2. The van der Waals surface area contributed by atoms with Crippen LogP contribution in [0.15, 0.2) is 34.1 Å². The molecule has 0 amide bonds. The van der Waals surface area contributed by atoms with E-state index in [1.807, 2.05) is 6.92 Å². The highest BCUT2D eigenvalue weighted by molar-refractivity contribution is 7.91. The first-order valence-corrected chi connectivity index (χ1v) is 9.75. The highest BCUT2D eigenvalue weighted by Gasteiger charge is 2.36. The average molecular weight is 317 g/mol. The second-order valence-corrected chi connectivity index (χ2v) is 9.36. The number of nitrogens with zero attached hydrogens (tertiary/aromatic N) is 1. The summed E-state index contributed by atoms with van der Waals surface area (Å²) >= 11 is 0. The van der Waals surface area contributed by atoms with Gasteiger partial charge in [-0.2, -0.15) is 4.31 Å². The van der Waals surface area contributed by atoms with Gasteiger partial charge in [-0.15, -0.1) is 0 Å². The molecular weight excluding hydrogens is 298 g/mol. The fourth-order valence-electron chi connectivity index (χ4n) is 2.13. The third kappa shape index (κ3) is 3.05. The minimum absolute atomic E-state index is 0.0195. The molecule has 0 saturated heterocycles. The molecule has 0 spiro atoms. The second-order valence-electron chi connectivity index (χ2n) is 5.35. The van der Waals surface area contributed by atoms with E-state index in [2.05, 4.69) is 0 Å². The van der Waals surface area contributed by atoms with Gasteiger partial charge in [-0.1, -0.05) is 6.07 Å². The van der Waals surface area contributed by atoms with Crippen LogP contribution in [0, 0.1) is 5.92 Å². The van der Waals surface area contributed by atoms with Gasteiger partial charge >= 0.3 is 0 Å². The first-order valence-electron chi connectivity index (χ1n) is 6.42. The van der Waals surface area contributed by atoms with Crippen LogP contribution < -0.4 is 0 Å². The van der Waals surface area contributed by atoms with E-state index in [0.717, 1.165) is 19.1 Å². The lowest BCUT2D eigenvalue weighted by atomic mass is 10.2. The fourth-order valence-corrected chi connectivity index (χ4v) is 4.34. The van der Waals surface area contributed by atoms with E-state index in [1.165, 1.54) is 28.6 Å². The van der Waals surface area contributed by atoms with Crippen molar-refractivity contribution in [1.82, 2.24) is 4.31 Å². The van der Waals surface area contributed by atoms with Crippen molar-refractivity contribution in [3.63, 3.8) is 0 Å². The van der Waals surface area contributed by atoms with Crippen molar-refractivity contribution in [1.29, 1.82) is 0 Å². The zero-order valence-corrected chi connectivity index (χ0v) is 13.4. The standard InChI is InChI=1S/C13H19NO4S2/c1-10(11-7-8-11)14(2)20(17,18)13-6-4-5-12(9-13)19(3,15)16/h4-6,9-11H,7-8H2,1-3H3. The van der Waals surface area contributed by atoms with Crippen molar-refractivity contribution in [3.8, 4) is 0 Å². The molecule has 0 aromatic heterocycles. The molecule has 1 aliphatic rings. The lowest BCUT2D eigenvalue weighted by Gasteiger charge is -2.24. The smallest absolute Gasteiger partial charge is 0.224 e. The van der Waals surface area contributed by atoms with E-state index in [0.29, 0.717) is 5.92 Å². The Kier molecular flexibility index (Phi) is 3.96. The molecule has 1 aliphatic carbocycles. The molecule has 0 heterocycles. The van der Waals surface area contributed by atoms with Gasteiger partial charge in [0, 0.05) is 19.3 Å². The van der Waals surface area contributed by atoms with Gasteiger partial charge in [0.25, 0.3) is 0 Å². The molecule has 1 saturated carbocycles. The van der Waals surface area contributed by atoms with Crippen LogP contribution in [0.5, 0.6) is 0 Å². The molecule has 1 aromatic carbocycles. The van der Waals surface area contributed by atoms with Crippen molar-refractivity contribution >= 4 is 19.9 Å². The van der Waals surface area contributed by atoms with Crippen LogP contribution in [-0.4, -0.2) is 40.5 Å². The predicted octanol–water partition coefficient (Wildman–Crippen LogP) is 1.51. The minimum atomic E-state index is -3.66. The Balaban J connectivity index is 2.39. The molecule has 7 heteroatoms. The van der Waals surface area contributed by atoms with Crippen LogP contribution in [0.3, 0.4) is 0 Å². The second kappa shape index (κ2) is 5.13. The third-order valence-corrected chi connectivity index (χ3v) is 6.84. The summed E-state index contributed by atoms with van der Waals surface area (Å²) in [4.78, 5) is 0.0430. The van der Waals surface area contributed by atoms with Gasteiger partial charge in [0.1, 0.15) is 0 Å². The molecule has 0 N–H and O–H groups in total. The van der Waals surface area contributed by atoms with Crippen LogP contribution >= 0.6 is 0 Å². The zero-order valence-electron chi connectivity index (χ0n) is 11.8. The lowest BCUT2D eigenvalue weighted by molar-refractivity contribution is 0.357. The Bertz CT molecular complexity index is 706. The molecule has 0 radical (unpaired) electrons. The Labute approximate surface area is 120 Å². The monoisotopic (exact) mass is 317 g/mol. The molecule has 20 heavy (non-hydrogen) atoms. The Hall–Kier alpha value is -0.920. The average Bonchev–Trinajstić information content (AvgIpc) is 3.20. The SMILES string of the molecule is CC(C1CC1)N(C)S(=O)(=O)c1cccc(S(C)(=O)=O)c1. The van der Waals surface area contributed by atoms with Crippen molar-refractivity contribution in [3.05, 3.63) is 24.3 Å². The molecule has 0 aliphatic heterocycles. The molecule has 112 valence electrons. The summed E-state index contributed by atoms with van der Waals surface area (Å²) in [5.41, 5.74) is 0. The molecule has 5 nitrogen and oxygen atoms in total. The fraction of sp³-hybridized carbons (Fsp3) is 0.538. The topological polar surface area (TPSA) is 71.5 Å². The first-order chi connectivity index (χ1) is 9.14. The molecule has 0 bridgehead atoms. The Morgan fingerprint density at radius 2 is 1.70 bits per heavy atom. The van der Waals surface area contributed by atoms with Crippen LogP contribution in [0.25, 0.3) is 0 Å². The number of sulfonamides is 1. The van der Waals surface area contributed by atoms with Crippen LogP contribution in [0.1, 0.15) is 19.8 Å². The van der Waals surface area contributed by atoms with E-state index in [-0.39, 0.29) is 15.8 Å². The molecule has 1 fully saturated rings. The van der Waals surface area contributed by atoms with E-state index < -0.39 is 19.9 Å². The van der Waals surface area contributed by atoms with Gasteiger partial charge in [0.05, 0.1) is 9.79 Å². The zero-order chi connectivity index (χ0) is 15.1.